The molecule has 0 aliphatic rings. The summed E-state index contributed by atoms with van der Waals surface area (Å²) in [6, 6.07) is 1.84. The van der Waals surface area contributed by atoms with E-state index in [2.05, 4.69) is 36.8 Å². The van der Waals surface area contributed by atoms with Crippen LogP contribution in [0.15, 0.2) is 15.3 Å². The average Bonchev–Trinajstić information content (AvgIpc) is 2.13. The third kappa shape index (κ3) is 2.28. The minimum absolute atomic E-state index is 0.0681. The molecule has 0 N–H and O–H groups in total. The number of halogens is 4. The van der Waals surface area contributed by atoms with Crippen molar-refractivity contribution < 1.29 is 8.78 Å². The van der Waals surface area contributed by atoms with Gasteiger partial charge >= 0.3 is 0 Å². The molecule has 0 fully saturated rings. The minimum Gasteiger partial charge on any atom is -0.248 e. The second-order valence-electron chi connectivity index (χ2n) is 2.43. The van der Waals surface area contributed by atoms with Gasteiger partial charge in [-0.2, -0.15) is 5.26 Å². The number of rotatable bonds is 2. The normalized spacial score (nSPS) is 10.3. The van der Waals surface area contributed by atoms with E-state index in [1.807, 2.05) is 6.07 Å². The number of nitriles is 1. The van der Waals surface area contributed by atoms with E-state index >= 15 is 0 Å². The highest BCUT2D eigenvalue weighted by molar-refractivity contribution is 9.13. The lowest BCUT2D eigenvalue weighted by Gasteiger charge is -2.08. The van der Waals surface area contributed by atoms with E-state index in [1.54, 1.807) is 0 Å². The minimum atomic E-state index is -2.62. The summed E-state index contributed by atoms with van der Waals surface area (Å²) in [4.78, 5) is 3.72. The van der Waals surface area contributed by atoms with E-state index in [9.17, 15) is 8.78 Å². The van der Waals surface area contributed by atoms with Crippen molar-refractivity contribution in [3.8, 4) is 6.07 Å². The number of aromatic nitrogens is 1. The maximum Gasteiger partial charge on any atom is 0.265 e. The highest BCUT2D eigenvalue weighted by Crippen LogP contribution is 2.32. The van der Waals surface area contributed by atoms with Gasteiger partial charge in [0.25, 0.3) is 6.43 Å². The largest absolute Gasteiger partial charge is 0.265 e. The fraction of sp³-hybridized carbons (Fsp3) is 0.250. The predicted octanol–water partition coefficient (Wildman–Crippen LogP) is 3.61. The summed E-state index contributed by atoms with van der Waals surface area (Å²) in [6.45, 7) is 0. The van der Waals surface area contributed by atoms with Crippen LogP contribution in [0, 0.1) is 11.3 Å². The van der Waals surface area contributed by atoms with Crippen molar-refractivity contribution in [1.29, 1.82) is 5.26 Å². The van der Waals surface area contributed by atoms with Crippen LogP contribution in [0.4, 0.5) is 8.78 Å². The molecule has 14 heavy (non-hydrogen) atoms. The van der Waals surface area contributed by atoms with Crippen LogP contribution in [0.3, 0.4) is 0 Å². The van der Waals surface area contributed by atoms with Gasteiger partial charge in [-0.3, -0.25) is 0 Å². The highest BCUT2D eigenvalue weighted by atomic mass is 79.9. The first-order valence-corrected chi connectivity index (χ1v) is 5.14. The SMILES string of the molecule is N#CCc1c(C(F)F)cnc(Br)c1Br. The Hall–Kier alpha value is -0.540. The molecule has 2 nitrogen and oxygen atoms in total. The molecule has 0 saturated carbocycles. The van der Waals surface area contributed by atoms with Crippen molar-refractivity contribution in [2.45, 2.75) is 12.8 Å². The lowest BCUT2D eigenvalue weighted by atomic mass is 10.1. The van der Waals surface area contributed by atoms with Gasteiger partial charge in [0.15, 0.2) is 0 Å². The van der Waals surface area contributed by atoms with Crippen LogP contribution < -0.4 is 0 Å². The Labute approximate surface area is 96.2 Å². The molecular formula is C8H4Br2F2N2. The molecule has 1 rings (SSSR count). The molecule has 74 valence electrons. The fourth-order valence-corrected chi connectivity index (χ4v) is 1.77. The monoisotopic (exact) mass is 324 g/mol. The summed E-state index contributed by atoms with van der Waals surface area (Å²) >= 11 is 6.19. The molecule has 1 aromatic heterocycles. The second-order valence-corrected chi connectivity index (χ2v) is 3.98. The van der Waals surface area contributed by atoms with E-state index in [1.165, 1.54) is 0 Å². The van der Waals surface area contributed by atoms with Crippen LogP contribution in [0.25, 0.3) is 0 Å². The molecule has 0 saturated heterocycles. The first kappa shape index (κ1) is 11.5. The average molecular weight is 326 g/mol. The molecular weight excluding hydrogens is 322 g/mol. The number of pyridine rings is 1. The third-order valence-electron chi connectivity index (χ3n) is 1.60. The molecule has 0 amide bonds. The van der Waals surface area contributed by atoms with E-state index in [-0.39, 0.29) is 17.5 Å². The van der Waals surface area contributed by atoms with Crippen molar-refractivity contribution in [2.24, 2.45) is 0 Å². The molecule has 0 aliphatic carbocycles. The van der Waals surface area contributed by atoms with Gasteiger partial charge in [0.2, 0.25) is 0 Å². The fourth-order valence-electron chi connectivity index (χ4n) is 0.959. The van der Waals surface area contributed by atoms with E-state index in [4.69, 9.17) is 5.26 Å². The number of alkyl halides is 2. The molecule has 0 aliphatic heterocycles. The Morgan fingerprint density at radius 2 is 2.14 bits per heavy atom. The molecule has 0 spiro atoms. The summed E-state index contributed by atoms with van der Waals surface area (Å²) in [5, 5.41) is 8.49. The van der Waals surface area contributed by atoms with Gasteiger partial charge < -0.3 is 0 Å². The molecule has 1 heterocycles. The van der Waals surface area contributed by atoms with Crippen LogP contribution in [0.2, 0.25) is 0 Å². The van der Waals surface area contributed by atoms with E-state index < -0.39 is 6.43 Å². The summed E-state index contributed by atoms with van der Waals surface area (Å²) in [5.41, 5.74) is 0.0750. The zero-order chi connectivity index (χ0) is 10.7. The molecule has 0 radical (unpaired) electrons. The second kappa shape index (κ2) is 4.80. The van der Waals surface area contributed by atoms with Gasteiger partial charge in [-0.25, -0.2) is 13.8 Å². The van der Waals surface area contributed by atoms with Gasteiger partial charge in [-0.1, -0.05) is 0 Å². The van der Waals surface area contributed by atoms with Gasteiger partial charge in [0, 0.05) is 11.8 Å². The molecule has 0 atom stereocenters. The first-order valence-electron chi connectivity index (χ1n) is 3.55. The number of nitrogens with zero attached hydrogens (tertiary/aromatic N) is 2. The summed E-state index contributed by atoms with van der Waals surface area (Å²) < 4.78 is 25.8. The number of hydrogen-bond donors (Lipinski definition) is 0. The standard InChI is InChI=1S/C8H4Br2F2N2/c9-6-4(1-2-13)5(8(11)12)3-14-7(6)10/h3,8H,1H2. The van der Waals surface area contributed by atoms with Crippen molar-refractivity contribution in [3.63, 3.8) is 0 Å². The van der Waals surface area contributed by atoms with Crippen LogP contribution in [-0.4, -0.2) is 4.98 Å². The molecule has 0 aromatic carbocycles. The third-order valence-corrected chi connectivity index (χ3v) is 3.59. The van der Waals surface area contributed by atoms with Gasteiger partial charge in [-0.15, -0.1) is 0 Å². The number of hydrogen-bond acceptors (Lipinski definition) is 2. The maximum atomic E-state index is 12.5. The van der Waals surface area contributed by atoms with Gasteiger partial charge in [-0.05, 0) is 37.4 Å². The van der Waals surface area contributed by atoms with Crippen molar-refractivity contribution in [3.05, 3.63) is 26.4 Å². The zero-order valence-electron chi connectivity index (χ0n) is 6.77. The lowest BCUT2D eigenvalue weighted by Crippen LogP contribution is -1.98. The van der Waals surface area contributed by atoms with Crippen LogP contribution >= 0.6 is 31.9 Å². The van der Waals surface area contributed by atoms with Gasteiger partial charge in [0.05, 0.1) is 17.0 Å². The maximum absolute atomic E-state index is 12.5. The lowest BCUT2D eigenvalue weighted by molar-refractivity contribution is 0.150. The Balaban J connectivity index is 3.31. The Morgan fingerprint density at radius 3 is 2.64 bits per heavy atom. The topological polar surface area (TPSA) is 36.7 Å². The Morgan fingerprint density at radius 1 is 1.50 bits per heavy atom. The molecule has 0 unspecified atom stereocenters. The van der Waals surface area contributed by atoms with Crippen molar-refractivity contribution in [2.75, 3.05) is 0 Å². The quantitative estimate of drug-likeness (QED) is 0.779. The van der Waals surface area contributed by atoms with E-state index in [0.717, 1.165) is 6.20 Å². The van der Waals surface area contributed by atoms with Crippen molar-refractivity contribution in [1.82, 2.24) is 4.98 Å². The van der Waals surface area contributed by atoms with Crippen LogP contribution in [0.1, 0.15) is 17.6 Å². The zero-order valence-corrected chi connectivity index (χ0v) is 9.94. The summed E-state index contributed by atoms with van der Waals surface area (Å²) in [7, 11) is 0. The first-order chi connectivity index (χ1) is 6.57. The molecule has 6 heteroatoms. The Kier molecular flexibility index (Phi) is 3.96. The predicted molar refractivity (Wildman–Crippen MR) is 53.9 cm³/mol. The smallest absolute Gasteiger partial charge is 0.248 e. The Bertz CT molecular complexity index is 388. The van der Waals surface area contributed by atoms with Crippen molar-refractivity contribution >= 4 is 31.9 Å². The van der Waals surface area contributed by atoms with E-state index in [0.29, 0.717) is 9.08 Å². The molecule has 0 bridgehead atoms. The highest BCUT2D eigenvalue weighted by Gasteiger charge is 2.17. The summed E-state index contributed by atoms with van der Waals surface area (Å²) in [5.74, 6) is 0. The van der Waals surface area contributed by atoms with Crippen LogP contribution in [-0.2, 0) is 6.42 Å². The van der Waals surface area contributed by atoms with Crippen LogP contribution in [0.5, 0.6) is 0 Å². The van der Waals surface area contributed by atoms with Gasteiger partial charge in [0.1, 0.15) is 4.60 Å². The molecule has 1 aromatic rings. The summed E-state index contributed by atoms with van der Waals surface area (Å²) in [6.07, 6.45) is -1.61.